The molecule has 4 heteroatoms. The molecule has 0 aliphatic rings. The molecule has 0 spiro atoms. The fourth-order valence-electron chi connectivity index (χ4n) is 1.08. The lowest BCUT2D eigenvalue weighted by molar-refractivity contribution is 0.143. The van der Waals surface area contributed by atoms with E-state index < -0.39 is 6.43 Å². The Balaban J connectivity index is 2.86. The summed E-state index contributed by atoms with van der Waals surface area (Å²) in [6.45, 7) is 4.39. The molecule has 15 heavy (non-hydrogen) atoms. The van der Waals surface area contributed by atoms with Gasteiger partial charge in [0.15, 0.2) is 0 Å². The summed E-state index contributed by atoms with van der Waals surface area (Å²) in [6, 6.07) is 4.65. The van der Waals surface area contributed by atoms with Gasteiger partial charge < -0.3 is 4.74 Å². The SMILES string of the molecule is CC(C)COc1ccc(Br)cc1C(F)F. The van der Waals surface area contributed by atoms with E-state index in [0.717, 1.165) is 0 Å². The van der Waals surface area contributed by atoms with Gasteiger partial charge in [-0.2, -0.15) is 0 Å². The average Bonchev–Trinajstić information content (AvgIpc) is 2.15. The minimum Gasteiger partial charge on any atom is -0.493 e. The number of alkyl halides is 2. The summed E-state index contributed by atoms with van der Waals surface area (Å²) in [5.74, 6) is 0.584. The van der Waals surface area contributed by atoms with E-state index in [4.69, 9.17) is 4.74 Å². The third kappa shape index (κ3) is 3.78. The van der Waals surface area contributed by atoms with Crippen LogP contribution in [0.3, 0.4) is 0 Å². The second-order valence-corrected chi connectivity index (χ2v) is 4.60. The number of rotatable bonds is 4. The Morgan fingerprint density at radius 2 is 2.00 bits per heavy atom. The maximum atomic E-state index is 12.6. The second kappa shape index (κ2) is 5.45. The number of ether oxygens (including phenoxy) is 1. The van der Waals surface area contributed by atoms with Crippen LogP contribution >= 0.6 is 15.9 Å². The van der Waals surface area contributed by atoms with E-state index in [1.807, 2.05) is 13.8 Å². The van der Waals surface area contributed by atoms with Crippen molar-refractivity contribution in [3.8, 4) is 5.75 Å². The number of halogens is 3. The quantitative estimate of drug-likeness (QED) is 0.792. The third-order valence-corrected chi connectivity index (χ3v) is 2.27. The molecule has 0 aliphatic heterocycles. The Morgan fingerprint density at radius 1 is 1.33 bits per heavy atom. The molecule has 1 aromatic rings. The maximum absolute atomic E-state index is 12.6. The molecule has 0 saturated heterocycles. The van der Waals surface area contributed by atoms with E-state index >= 15 is 0 Å². The number of hydrogen-bond donors (Lipinski definition) is 0. The molecule has 0 N–H and O–H groups in total. The summed E-state index contributed by atoms with van der Waals surface area (Å²) in [5, 5.41) is 0. The largest absolute Gasteiger partial charge is 0.493 e. The molecule has 1 nitrogen and oxygen atoms in total. The summed E-state index contributed by atoms with van der Waals surface area (Å²) < 4.78 is 31.2. The topological polar surface area (TPSA) is 9.23 Å². The summed E-state index contributed by atoms with van der Waals surface area (Å²) in [4.78, 5) is 0. The molecule has 0 aromatic heterocycles. The zero-order valence-corrected chi connectivity index (χ0v) is 10.2. The van der Waals surface area contributed by atoms with E-state index in [1.165, 1.54) is 6.07 Å². The third-order valence-electron chi connectivity index (χ3n) is 1.78. The molecule has 0 saturated carbocycles. The van der Waals surface area contributed by atoms with Crippen LogP contribution in [0.2, 0.25) is 0 Å². The average molecular weight is 279 g/mol. The van der Waals surface area contributed by atoms with Crippen LogP contribution in [0.5, 0.6) is 5.75 Å². The molecular formula is C11H13BrF2O. The summed E-state index contributed by atoms with van der Waals surface area (Å²) in [5.41, 5.74) is -0.0648. The first-order valence-electron chi connectivity index (χ1n) is 4.71. The van der Waals surface area contributed by atoms with Gasteiger partial charge in [-0.1, -0.05) is 29.8 Å². The van der Waals surface area contributed by atoms with Crippen molar-refractivity contribution < 1.29 is 13.5 Å². The highest BCUT2D eigenvalue weighted by molar-refractivity contribution is 9.10. The molecule has 1 aromatic carbocycles. The normalized spacial score (nSPS) is 11.1. The van der Waals surface area contributed by atoms with Crippen LogP contribution in [0.15, 0.2) is 22.7 Å². The molecule has 0 fully saturated rings. The van der Waals surface area contributed by atoms with Gasteiger partial charge in [0, 0.05) is 4.47 Å². The lowest BCUT2D eigenvalue weighted by atomic mass is 10.2. The lowest BCUT2D eigenvalue weighted by Gasteiger charge is -2.12. The van der Waals surface area contributed by atoms with Crippen molar-refractivity contribution in [2.24, 2.45) is 5.92 Å². The van der Waals surface area contributed by atoms with Gasteiger partial charge in [0.25, 0.3) is 6.43 Å². The Labute approximate surface area is 96.6 Å². The fourth-order valence-corrected chi connectivity index (χ4v) is 1.46. The summed E-state index contributed by atoms with van der Waals surface area (Å²) in [7, 11) is 0. The van der Waals surface area contributed by atoms with Crippen molar-refractivity contribution in [1.29, 1.82) is 0 Å². The van der Waals surface area contributed by atoms with Crippen LogP contribution in [0.25, 0.3) is 0 Å². The maximum Gasteiger partial charge on any atom is 0.267 e. The van der Waals surface area contributed by atoms with Crippen LogP contribution in [0.1, 0.15) is 25.8 Å². The van der Waals surface area contributed by atoms with Gasteiger partial charge in [-0.25, -0.2) is 8.78 Å². The zero-order valence-electron chi connectivity index (χ0n) is 8.64. The Hall–Kier alpha value is -0.640. The lowest BCUT2D eigenvalue weighted by Crippen LogP contribution is -2.06. The van der Waals surface area contributed by atoms with E-state index in [9.17, 15) is 8.78 Å². The molecular weight excluding hydrogens is 266 g/mol. The minimum atomic E-state index is -2.51. The van der Waals surface area contributed by atoms with Crippen molar-refractivity contribution in [2.75, 3.05) is 6.61 Å². The first-order chi connectivity index (χ1) is 7.00. The first-order valence-corrected chi connectivity index (χ1v) is 5.50. The molecule has 0 bridgehead atoms. The molecule has 0 amide bonds. The van der Waals surface area contributed by atoms with Gasteiger partial charge in [0.1, 0.15) is 5.75 Å². The highest BCUT2D eigenvalue weighted by Crippen LogP contribution is 2.31. The van der Waals surface area contributed by atoms with Gasteiger partial charge in [-0.15, -0.1) is 0 Å². The molecule has 0 atom stereocenters. The van der Waals surface area contributed by atoms with Crippen molar-refractivity contribution in [2.45, 2.75) is 20.3 Å². The van der Waals surface area contributed by atoms with E-state index in [1.54, 1.807) is 12.1 Å². The van der Waals surface area contributed by atoms with Crippen molar-refractivity contribution >= 4 is 15.9 Å². The smallest absolute Gasteiger partial charge is 0.267 e. The highest BCUT2D eigenvalue weighted by atomic mass is 79.9. The van der Waals surface area contributed by atoms with E-state index in [-0.39, 0.29) is 11.3 Å². The van der Waals surface area contributed by atoms with Crippen LogP contribution < -0.4 is 4.74 Å². The van der Waals surface area contributed by atoms with Crippen LogP contribution in [0.4, 0.5) is 8.78 Å². The minimum absolute atomic E-state index is 0.0648. The Bertz CT molecular complexity index is 326. The molecule has 0 heterocycles. The van der Waals surface area contributed by atoms with Crippen molar-refractivity contribution in [1.82, 2.24) is 0 Å². The van der Waals surface area contributed by atoms with Crippen molar-refractivity contribution in [3.05, 3.63) is 28.2 Å². The molecule has 1 rings (SSSR count). The molecule has 0 unspecified atom stereocenters. The standard InChI is InChI=1S/C11H13BrF2O/c1-7(2)6-15-10-4-3-8(12)5-9(10)11(13)14/h3-5,7,11H,6H2,1-2H3. The van der Waals surface area contributed by atoms with Crippen LogP contribution in [0, 0.1) is 5.92 Å². The van der Waals surface area contributed by atoms with E-state index in [2.05, 4.69) is 15.9 Å². The predicted octanol–water partition coefficient (Wildman–Crippen LogP) is 4.42. The predicted molar refractivity (Wildman–Crippen MR) is 59.4 cm³/mol. The van der Waals surface area contributed by atoms with Gasteiger partial charge in [-0.05, 0) is 24.1 Å². The number of hydrogen-bond acceptors (Lipinski definition) is 1. The molecule has 0 aliphatic carbocycles. The van der Waals surface area contributed by atoms with E-state index in [0.29, 0.717) is 17.0 Å². The van der Waals surface area contributed by atoms with Crippen molar-refractivity contribution in [3.63, 3.8) is 0 Å². The number of benzene rings is 1. The first kappa shape index (κ1) is 12.4. The second-order valence-electron chi connectivity index (χ2n) is 3.69. The van der Waals surface area contributed by atoms with Gasteiger partial charge in [0.05, 0.1) is 12.2 Å². The zero-order chi connectivity index (χ0) is 11.4. The monoisotopic (exact) mass is 278 g/mol. The van der Waals surface area contributed by atoms with Crippen LogP contribution in [-0.4, -0.2) is 6.61 Å². The Kier molecular flexibility index (Phi) is 4.51. The molecule has 84 valence electrons. The van der Waals surface area contributed by atoms with Crippen LogP contribution in [-0.2, 0) is 0 Å². The van der Waals surface area contributed by atoms with Gasteiger partial charge >= 0.3 is 0 Å². The summed E-state index contributed by atoms with van der Waals surface area (Å²) >= 11 is 3.16. The van der Waals surface area contributed by atoms with Gasteiger partial charge in [0.2, 0.25) is 0 Å². The fraction of sp³-hybridized carbons (Fsp3) is 0.455. The van der Waals surface area contributed by atoms with Gasteiger partial charge in [-0.3, -0.25) is 0 Å². The highest BCUT2D eigenvalue weighted by Gasteiger charge is 2.14. The molecule has 0 radical (unpaired) electrons. The summed E-state index contributed by atoms with van der Waals surface area (Å²) in [6.07, 6.45) is -2.51. The Morgan fingerprint density at radius 3 is 2.53 bits per heavy atom.